The Kier molecular flexibility index (Phi) is 3.69. The van der Waals surface area contributed by atoms with E-state index >= 15 is 0 Å². The van der Waals surface area contributed by atoms with Gasteiger partial charge in [0, 0.05) is 18.6 Å². The minimum Gasteiger partial charge on any atom is -0.396 e. The van der Waals surface area contributed by atoms with Crippen molar-refractivity contribution in [3.8, 4) is 0 Å². The molecule has 3 nitrogen and oxygen atoms in total. The zero-order valence-corrected chi connectivity index (χ0v) is 11.7. The number of aliphatic hydroxyl groups is 1. The van der Waals surface area contributed by atoms with E-state index in [0.29, 0.717) is 11.8 Å². The maximum absolute atomic E-state index is 13.0. The molecule has 0 aromatic heterocycles. The van der Waals surface area contributed by atoms with Gasteiger partial charge in [-0.05, 0) is 49.3 Å². The number of hydrogen-bond donors (Lipinski definition) is 2. The Bertz CT molecular complexity index is 537. The summed E-state index contributed by atoms with van der Waals surface area (Å²) in [6.45, 7) is 0.100. The zero-order valence-electron chi connectivity index (χ0n) is 11.0. The molecule has 5 heteroatoms. The summed E-state index contributed by atoms with van der Waals surface area (Å²) >= 11 is 5.91. The van der Waals surface area contributed by atoms with Gasteiger partial charge in [0.15, 0.2) is 0 Å². The molecule has 4 atom stereocenters. The van der Waals surface area contributed by atoms with E-state index in [1.165, 1.54) is 12.1 Å². The lowest BCUT2D eigenvalue weighted by Gasteiger charge is -2.30. The van der Waals surface area contributed by atoms with Crippen LogP contribution in [0.5, 0.6) is 0 Å². The van der Waals surface area contributed by atoms with E-state index in [-0.39, 0.29) is 35.1 Å². The first-order chi connectivity index (χ1) is 9.60. The van der Waals surface area contributed by atoms with Crippen LogP contribution < -0.4 is 5.32 Å². The van der Waals surface area contributed by atoms with Gasteiger partial charge < -0.3 is 10.4 Å². The molecule has 2 bridgehead atoms. The van der Waals surface area contributed by atoms with Gasteiger partial charge in [0.2, 0.25) is 0 Å². The molecule has 0 heterocycles. The van der Waals surface area contributed by atoms with Gasteiger partial charge in [0.05, 0.1) is 10.6 Å². The molecule has 1 amide bonds. The molecule has 2 fully saturated rings. The molecule has 2 aliphatic rings. The predicted octanol–water partition coefficient (Wildman–Crippen LogP) is 2.62. The normalized spacial score (nSPS) is 31.6. The molecule has 1 aromatic rings. The molecule has 2 aliphatic carbocycles. The summed E-state index contributed by atoms with van der Waals surface area (Å²) in [6.07, 6.45) is 3.32. The second-order valence-corrected chi connectivity index (χ2v) is 6.21. The number of benzene rings is 1. The number of rotatable bonds is 3. The Labute approximate surface area is 122 Å². The Balaban J connectivity index is 1.75. The second kappa shape index (κ2) is 5.34. The van der Waals surface area contributed by atoms with Gasteiger partial charge in [0.1, 0.15) is 5.82 Å². The lowest BCUT2D eigenvalue weighted by Crippen LogP contribution is -2.45. The van der Waals surface area contributed by atoms with Crippen LogP contribution in [0.3, 0.4) is 0 Å². The Morgan fingerprint density at radius 3 is 2.85 bits per heavy atom. The van der Waals surface area contributed by atoms with Crippen LogP contribution >= 0.6 is 11.6 Å². The summed E-state index contributed by atoms with van der Waals surface area (Å²) in [5, 5.41) is 12.6. The monoisotopic (exact) mass is 297 g/mol. The van der Waals surface area contributed by atoms with Crippen LogP contribution in [-0.2, 0) is 0 Å². The van der Waals surface area contributed by atoms with Crippen molar-refractivity contribution in [1.82, 2.24) is 5.32 Å². The highest BCUT2D eigenvalue weighted by Crippen LogP contribution is 2.48. The van der Waals surface area contributed by atoms with Crippen molar-refractivity contribution in [3.63, 3.8) is 0 Å². The van der Waals surface area contributed by atoms with Crippen molar-refractivity contribution < 1.29 is 14.3 Å². The fourth-order valence-corrected chi connectivity index (χ4v) is 4.05. The third-order valence-electron chi connectivity index (χ3n) is 4.77. The van der Waals surface area contributed by atoms with Gasteiger partial charge in [-0.1, -0.05) is 11.6 Å². The first-order valence-corrected chi connectivity index (χ1v) is 7.34. The smallest absolute Gasteiger partial charge is 0.253 e. The first-order valence-electron chi connectivity index (χ1n) is 6.97. The van der Waals surface area contributed by atoms with Crippen LogP contribution in [0.1, 0.15) is 29.6 Å². The van der Waals surface area contributed by atoms with Crippen LogP contribution in [0.2, 0.25) is 5.02 Å². The number of aliphatic hydroxyl groups excluding tert-OH is 1. The summed E-state index contributed by atoms with van der Waals surface area (Å²) in [4.78, 5) is 12.3. The maximum Gasteiger partial charge on any atom is 0.253 e. The average molecular weight is 298 g/mol. The van der Waals surface area contributed by atoms with E-state index < -0.39 is 5.82 Å². The van der Waals surface area contributed by atoms with Crippen LogP contribution in [0.15, 0.2) is 18.2 Å². The van der Waals surface area contributed by atoms with Gasteiger partial charge in [-0.25, -0.2) is 4.39 Å². The average Bonchev–Trinajstić information content (AvgIpc) is 2.99. The molecule has 1 aromatic carbocycles. The predicted molar refractivity (Wildman–Crippen MR) is 74.1 cm³/mol. The Morgan fingerprint density at radius 1 is 1.40 bits per heavy atom. The lowest BCUT2D eigenvalue weighted by atomic mass is 9.85. The van der Waals surface area contributed by atoms with E-state index in [0.717, 1.165) is 25.3 Å². The standard InChI is InChI=1S/C15H17ClFNO2/c16-13-6-10(17)3-4-11(13)15(20)18-14-9-2-1-8(5-9)12(14)7-19/h3-4,6,8-9,12,14,19H,1-2,5,7H2,(H,18,20). The lowest BCUT2D eigenvalue weighted by molar-refractivity contribution is 0.0861. The first kappa shape index (κ1) is 13.8. The Hall–Kier alpha value is -1.13. The quantitative estimate of drug-likeness (QED) is 0.901. The number of amides is 1. The van der Waals surface area contributed by atoms with E-state index in [2.05, 4.69) is 5.32 Å². The van der Waals surface area contributed by atoms with Gasteiger partial charge in [0.25, 0.3) is 5.91 Å². The van der Waals surface area contributed by atoms with Crippen molar-refractivity contribution in [2.24, 2.45) is 17.8 Å². The second-order valence-electron chi connectivity index (χ2n) is 5.80. The molecule has 0 radical (unpaired) electrons. The molecule has 2 saturated carbocycles. The molecule has 3 rings (SSSR count). The Morgan fingerprint density at radius 2 is 2.15 bits per heavy atom. The summed E-state index contributed by atoms with van der Waals surface area (Å²) in [6, 6.07) is 3.77. The fraction of sp³-hybridized carbons (Fsp3) is 0.533. The van der Waals surface area contributed by atoms with E-state index in [1.807, 2.05) is 0 Å². The minimum atomic E-state index is -0.459. The number of fused-ring (bicyclic) bond motifs is 2. The van der Waals surface area contributed by atoms with E-state index in [1.54, 1.807) is 0 Å². The molecule has 0 saturated heterocycles. The van der Waals surface area contributed by atoms with Crippen molar-refractivity contribution in [2.75, 3.05) is 6.61 Å². The van der Waals surface area contributed by atoms with E-state index in [4.69, 9.17) is 11.6 Å². The largest absolute Gasteiger partial charge is 0.396 e. The fourth-order valence-electron chi connectivity index (χ4n) is 3.80. The van der Waals surface area contributed by atoms with Crippen LogP contribution in [0.25, 0.3) is 0 Å². The number of nitrogens with one attached hydrogen (secondary N) is 1. The molecular formula is C15H17ClFNO2. The van der Waals surface area contributed by atoms with Crippen LogP contribution in [0, 0.1) is 23.6 Å². The molecule has 0 aliphatic heterocycles. The summed E-state index contributed by atoms with van der Waals surface area (Å²) in [7, 11) is 0. The molecular weight excluding hydrogens is 281 g/mol. The molecule has 0 spiro atoms. The van der Waals surface area contributed by atoms with Gasteiger partial charge in [-0.3, -0.25) is 4.79 Å². The number of halogens is 2. The maximum atomic E-state index is 13.0. The zero-order chi connectivity index (χ0) is 14.3. The van der Waals surface area contributed by atoms with Crippen molar-refractivity contribution in [1.29, 1.82) is 0 Å². The summed E-state index contributed by atoms with van der Waals surface area (Å²) < 4.78 is 13.0. The third kappa shape index (κ3) is 2.31. The van der Waals surface area contributed by atoms with Crippen LogP contribution in [0.4, 0.5) is 4.39 Å². The highest BCUT2D eigenvalue weighted by atomic mass is 35.5. The minimum absolute atomic E-state index is 0.00682. The molecule has 4 unspecified atom stereocenters. The highest BCUT2D eigenvalue weighted by Gasteiger charge is 2.47. The van der Waals surface area contributed by atoms with Gasteiger partial charge in [-0.2, -0.15) is 0 Å². The topological polar surface area (TPSA) is 49.3 Å². The third-order valence-corrected chi connectivity index (χ3v) is 5.09. The number of carbonyl (C=O) groups is 1. The van der Waals surface area contributed by atoms with E-state index in [9.17, 15) is 14.3 Å². The molecule has 108 valence electrons. The van der Waals surface area contributed by atoms with Crippen LogP contribution in [-0.4, -0.2) is 23.7 Å². The van der Waals surface area contributed by atoms with Crippen molar-refractivity contribution in [2.45, 2.75) is 25.3 Å². The van der Waals surface area contributed by atoms with Gasteiger partial charge >= 0.3 is 0 Å². The van der Waals surface area contributed by atoms with Crippen molar-refractivity contribution in [3.05, 3.63) is 34.6 Å². The summed E-state index contributed by atoms with van der Waals surface area (Å²) in [5.41, 5.74) is 0.285. The molecule has 2 N–H and O–H groups in total. The SMILES string of the molecule is O=C(NC1C2CCC(C2)C1CO)c1ccc(F)cc1Cl. The van der Waals surface area contributed by atoms with Crippen molar-refractivity contribution >= 4 is 17.5 Å². The number of carbonyl (C=O) groups excluding carboxylic acids is 1. The molecule has 20 heavy (non-hydrogen) atoms. The number of hydrogen-bond acceptors (Lipinski definition) is 2. The van der Waals surface area contributed by atoms with Gasteiger partial charge in [-0.15, -0.1) is 0 Å². The summed E-state index contributed by atoms with van der Waals surface area (Å²) in [5.74, 6) is 0.349. The highest BCUT2D eigenvalue weighted by molar-refractivity contribution is 6.33.